The average Bonchev–Trinajstić information content (AvgIpc) is 3.21. The van der Waals surface area contributed by atoms with Crippen LogP contribution in [0.25, 0.3) is 11.3 Å². The minimum Gasteiger partial charge on any atom is -0.494 e. The lowest BCUT2D eigenvalue weighted by atomic mass is 10.1. The number of hydrogen-bond acceptors (Lipinski definition) is 5. The van der Waals surface area contributed by atoms with Gasteiger partial charge < -0.3 is 19.5 Å². The van der Waals surface area contributed by atoms with Gasteiger partial charge in [-0.15, -0.1) is 0 Å². The molecule has 152 valence electrons. The van der Waals surface area contributed by atoms with Crippen LogP contribution in [0.15, 0.2) is 48.5 Å². The molecule has 0 aliphatic rings. The standard InChI is InChI=1S/C22H25N3O4/c1-4-27-16-9-7-15(8-10-16)18-14-20(25-24-18)22(26)23-19-13-17(28-5-2)11-12-21(19)29-6-3/h7-14H,4-6H2,1-3H3,(H,23,26)(H,24,25). The summed E-state index contributed by atoms with van der Waals surface area (Å²) >= 11 is 0. The van der Waals surface area contributed by atoms with E-state index in [9.17, 15) is 4.79 Å². The molecule has 0 unspecified atom stereocenters. The number of amides is 1. The third kappa shape index (κ3) is 5.07. The lowest BCUT2D eigenvalue weighted by molar-refractivity contribution is 0.102. The van der Waals surface area contributed by atoms with Gasteiger partial charge in [-0.1, -0.05) is 0 Å². The van der Waals surface area contributed by atoms with Crippen LogP contribution in [-0.2, 0) is 0 Å². The normalized spacial score (nSPS) is 10.4. The molecule has 0 saturated carbocycles. The summed E-state index contributed by atoms with van der Waals surface area (Å²) in [6.07, 6.45) is 0. The number of hydrogen-bond donors (Lipinski definition) is 2. The monoisotopic (exact) mass is 395 g/mol. The fraction of sp³-hybridized carbons (Fsp3) is 0.273. The topological polar surface area (TPSA) is 85.5 Å². The number of aromatic amines is 1. The number of H-pyrrole nitrogens is 1. The van der Waals surface area contributed by atoms with Crippen LogP contribution < -0.4 is 19.5 Å². The van der Waals surface area contributed by atoms with Crippen molar-refractivity contribution in [1.29, 1.82) is 0 Å². The van der Waals surface area contributed by atoms with Gasteiger partial charge >= 0.3 is 0 Å². The second-order valence-corrected chi connectivity index (χ2v) is 6.10. The minimum absolute atomic E-state index is 0.315. The van der Waals surface area contributed by atoms with Crippen molar-refractivity contribution in [1.82, 2.24) is 10.2 Å². The van der Waals surface area contributed by atoms with E-state index < -0.39 is 0 Å². The maximum Gasteiger partial charge on any atom is 0.273 e. The molecular formula is C22H25N3O4. The van der Waals surface area contributed by atoms with Crippen molar-refractivity contribution >= 4 is 11.6 Å². The Hall–Kier alpha value is -3.48. The molecule has 1 heterocycles. The van der Waals surface area contributed by atoms with Gasteiger partial charge in [0.2, 0.25) is 0 Å². The highest BCUT2D eigenvalue weighted by atomic mass is 16.5. The van der Waals surface area contributed by atoms with Crippen LogP contribution in [0.2, 0.25) is 0 Å². The van der Waals surface area contributed by atoms with Crippen LogP contribution in [0.5, 0.6) is 17.2 Å². The zero-order valence-electron chi connectivity index (χ0n) is 16.8. The van der Waals surface area contributed by atoms with Crippen LogP contribution in [0.4, 0.5) is 5.69 Å². The van der Waals surface area contributed by atoms with Crippen LogP contribution in [0, 0.1) is 0 Å². The fourth-order valence-corrected chi connectivity index (χ4v) is 2.81. The molecule has 0 fully saturated rings. The largest absolute Gasteiger partial charge is 0.494 e. The van der Waals surface area contributed by atoms with Crippen LogP contribution in [-0.4, -0.2) is 35.9 Å². The zero-order valence-corrected chi connectivity index (χ0v) is 16.8. The van der Waals surface area contributed by atoms with Gasteiger partial charge in [0.1, 0.15) is 22.9 Å². The Labute approximate surface area is 170 Å². The molecule has 3 aromatic rings. The first-order valence-electron chi connectivity index (χ1n) is 9.64. The summed E-state index contributed by atoms with van der Waals surface area (Å²) in [5.41, 5.74) is 2.45. The zero-order chi connectivity index (χ0) is 20.6. The summed E-state index contributed by atoms with van der Waals surface area (Å²) in [7, 11) is 0. The smallest absolute Gasteiger partial charge is 0.273 e. The molecule has 29 heavy (non-hydrogen) atoms. The van der Waals surface area contributed by atoms with Gasteiger partial charge in [0.25, 0.3) is 5.91 Å². The number of nitrogens with zero attached hydrogens (tertiary/aromatic N) is 1. The Kier molecular flexibility index (Phi) is 6.73. The molecule has 0 spiro atoms. The fourth-order valence-electron chi connectivity index (χ4n) is 2.81. The summed E-state index contributed by atoms with van der Waals surface area (Å²) in [6.45, 7) is 7.37. The van der Waals surface area contributed by atoms with Crippen molar-refractivity contribution in [3.8, 4) is 28.5 Å². The lowest BCUT2D eigenvalue weighted by Crippen LogP contribution is -2.13. The molecule has 0 saturated heterocycles. The molecule has 0 bridgehead atoms. The number of benzene rings is 2. The first kappa shape index (κ1) is 20.3. The van der Waals surface area contributed by atoms with Crippen molar-refractivity contribution in [3.63, 3.8) is 0 Å². The van der Waals surface area contributed by atoms with Crippen LogP contribution >= 0.6 is 0 Å². The highest BCUT2D eigenvalue weighted by molar-refractivity contribution is 6.04. The van der Waals surface area contributed by atoms with Crippen LogP contribution in [0.1, 0.15) is 31.3 Å². The highest BCUT2D eigenvalue weighted by Crippen LogP contribution is 2.30. The second kappa shape index (κ2) is 9.64. The molecule has 2 aromatic carbocycles. The van der Waals surface area contributed by atoms with Crippen molar-refractivity contribution in [2.24, 2.45) is 0 Å². The molecule has 1 amide bonds. The van der Waals surface area contributed by atoms with E-state index in [1.165, 1.54) is 0 Å². The van der Waals surface area contributed by atoms with Gasteiger partial charge in [-0.05, 0) is 63.2 Å². The van der Waals surface area contributed by atoms with Crippen molar-refractivity contribution < 1.29 is 19.0 Å². The molecule has 0 atom stereocenters. The maximum atomic E-state index is 12.7. The summed E-state index contributed by atoms with van der Waals surface area (Å²) in [4.78, 5) is 12.7. The van der Waals surface area contributed by atoms with Gasteiger partial charge in [-0.2, -0.15) is 5.10 Å². The van der Waals surface area contributed by atoms with E-state index >= 15 is 0 Å². The van der Waals surface area contributed by atoms with E-state index in [4.69, 9.17) is 14.2 Å². The number of nitrogens with one attached hydrogen (secondary N) is 2. The van der Waals surface area contributed by atoms with Crippen LogP contribution in [0.3, 0.4) is 0 Å². The quantitative estimate of drug-likeness (QED) is 0.556. The number of rotatable bonds is 9. The Morgan fingerprint density at radius 3 is 2.24 bits per heavy atom. The summed E-state index contributed by atoms with van der Waals surface area (Å²) in [6, 6.07) is 14.6. The van der Waals surface area contributed by atoms with Crippen molar-refractivity contribution in [3.05, 3.63) is 54.2 Å². The summed E-state index contributed by atoms with van der Waals surface area (Å²) < 4.78 is 16.6. The molecule has 0 aliphatic carbocycles. The predicted molar refractivity (Wildman–Crippen MR) is 112 cm³/mol. The second-order valence-electron chi connectivity index (χ2n) is 6.10. The minimum atomic E-state index is -0.315. The van der Waals surface area contributed by atoms with Crippen molar-refractivity contribution in [2.75, 3.05) is 25.1 Å². The summed E-state index contributed by atoms with van der Waals surface area (Å²) in [5, 5.41) is 9.90. The third-order valence-electron chi connectivity index (χ3n) is 4.09. The molecule has 0 radical (unpaired) electrons. The van der Waals surface area contributed by atoms with E-state index in [-0.39, 0.29) is 5.91 Å². The molecule has 1 aromatic heterocycles. The number of carbonyl (C=O) groups excluding carboxylic acids is 1. The lowest BCUT2D eigenvalue weighted by Gasteiger charge is -2.13. The summed E-state index contributed by atoms with van der Waals surface area (Å²) in [5.74, 6) is 1.72. The Morgan fingerprint density at radius 2 is 1.55 bits per heavy atom. The Balaban J connectivity index is 1.77. The third-order valence-corrected chi connectivity index (χ3v) is 4.09. The van der Waals surface area contributed by atoms with E-state index in [1.807, 2.05) is 51.1 Å². The van der Waals surface area contributed by atoms with Gasteiger partial charge in [0.05, 0.1) is 31.2 Å². The van der Waals surface area contributed by atoms with E-state index in [0.29, 0.717) is 48.4 Å². The number of anilines is 1. The first-order valence-corrected chi connectivity index (χ1v) is 9.64. The first-order chi connectivity index (χ1) is 14.1. The van der Waals surface area contributed by atoms with Gasteiger partial charge in [0.15, 0.2) is 0 Å². The van der Waals surface area contributed by atoms with Gasteiger partial charge in [0, 0.05) is 11.6 Å². The number of aromatic nitrogens is 2. The van der Waals surface area contributed by atoms with Gasteiger partial charge in [-0.25, -0.2) is 0 Å². The SMILES string of the molecule is CCOc1ccc(-c2cc(C(=O)Nc3cc(OCC)ccc3OCC)[nH]n2)cc1. The molecule has 3 rings (SSSR count). The molecular weight excluding hydrogens is 370 g/mol. The number of ether oxygens (including phenoxy) is 3. The van der Waals surface area contributed by atoms with Gasteiger partial charge in [-0.3, -0.25) is 9.89 Å². The molecule has 0 aliphatic heterocycles. The molecule has 7 heteroatoms. The average molecular weight is 395 g/mol. The molecule has 2 N–H and O–H groups in total. The van der Waals surface area contributed by atoms with E-state index in [0.717, 1.165) is 11.3 Å². The molecule has 7 nitrogen and oxygen atoms in total. The predicted octanol–water partition coefficient (Wildman–Crippen LogP) is 4.53. The van der Waals surface area contributed by atoms with Crippen molar-refractivity contribution in [2.45, 2.75) is 20.8 Å². The van der Waals surface area contributed by atoms with E-state index in [1.54, 1.807) is 18.2 Å². The Bertz CT molecular complexity index is 951. The van der Waals surface area contributed by atoms with E-state index in [2.05, 4.69) is 15.5 Å². The Morgan fingerprint density at radius 1 is 0.897 bits per heavy atom. The number of carbonyl (C=O) groups is 1. The highest BCUT2D eigenvalue weighted by Gasteiger charge is 2.15. The maximum absolute atomic E-state index is 12.7.